The lowest BCUT2D eigenvalue weighted by atomic mass is 10.1. The number of H-pyrrole nitrogens is 1. The van der Waals surface area contributed by atoms with Crippen LogP contribution in [0.1, 0.15) is 35.5 Å². The summed E-state index contributed by atoms with van der Waals surface area (Å²) >= 11 is 0. The lowest BCUT2D eigenvalue weighted by molar-refractivity contribution is 0.218. The van der Waals surface area contributed by atoms with Crippen LogP contribution in [0, 0.1) is 20.8 Å². The summed E-state index contributed by atoms with van der Waals surface area (Å²) in [6.07, 6.45) is -0.112. The third-order valence-electron chi connectivity index (χ3n) is 3.55. The van der Waals surface area contributed by atoms with Crippen molar-refractivity contribution in [1.82, 2.24) is 9.97 Å². The number of hydrogen-bond donors (Lipinski definition) is 1. The van der Waals surface area contributed by atoms with Crippen LogP contribution in [0.5, 0.6) is 5.75 Å². The van der Waals surface area contributed by atoms with Crippen molar-refractivity contribution in [2.75, 3.05) is 0 Å². The smallest absolute Gasteiger partial charge is 0.153 e. The number of aromatic nitrogens is 2. The highest BCUT2D eigenvalue weighted by Gasteiger charge is 2.13. The van der Waals surface area contributed by atoms with Crippen LogP contribution in [0.15, 0.2) is 36.4 Å². The molecule has 0 saturated carbocycles. The molecular formula is C18H20N2O. The first-order valence-corrected chi connectivity index (χ1v) is 7.22. The molecule has 3 rings (SSSR count). The molecule has 0 bridgehead atoms. The molecule has 1 aromatic heterocycles. The molecule has 108 valence electrons. The number of fused-ring (bicyclic) bond motifs is 1. The molecule has 0 fully saturated rings. The van der Waals surface area contributed by atoms with Crippen molar-refractivity contribution in [2.24, 2.45) is 0 Å². The van der Waals surface area contributed by atoms with E-state index < -0.39 is 0 Å². The minimum atomic E-state index is -0.112. The van der Waals surface area contributed by atoms with Crippen molar-refractivity contribution in [3.63, 3.8) is 0 Å². The molecule has 0 amide bonds. The van der Waals surface area contributed by atoms with E-state index in [1.165, 1.54) is 16.7 Å². The Kier molecular flexibility index (Phi) is 3.42. The van der Waals surface area contributed by atoms with Crippen molar-refractivity contribution in [3.05, 3.63) is 58.9 Å². The van der Waals surface area contributed by atoms with Gasteiger partial charge in [-0.15, -0.1) is 0 Å². The number of aryl methyl sites for hydroxylation is 3. The Labute approximate surface area is 125 Å². The minimum Gasteiger partial charge on any atom is -0.483 e. The number of ether oxygens (including phenoxy) is 1. The van der Waals surface area contributed by atoms with Gasteiger partial charge in [-0.2, -0.15) is 0 Å². The van der Waals surface area contributed by atoms with Gasteiger partial charge in [-0.25, -0.2) is 4.98 Å². The van der Waals surface area contributed by atoms with E-state index in [4.69, 9.17) is 4.74 Å². The van der Waals surface area contributed by atoms with Gasteiger partial charge in [0.15, 0.2) is 6.10 Å². The van der Waals surface area contributed by atoms with Gasteiger partial charge in [0.05, 0.1) is 11.0 Å². The molecule has 0 aliphatic rings. The molecule has 3 aromatic rings. The van der Waals surface area contributed by atoms with Crippen molar-refractivity contribution >= 4 is 11.0 Å². The predicted molar refractivity (Wildman–Crippen MR) is 85.8 cm³/mol. The van der Waals surface area contributed by atoms with E-state index in [1.807, 2.05) is 13.0 Å². The Morgan fingerprint density at radius 1 is 0.952 bits per heavy atom. The molecule has 3 nitrogen and oxygen atoms in total. The molecule has 3 heteroatoms. The van der Waals surface area contributed by atoms with Crippen LogP contribution < -0.4 is 4.74 Å². The molecule has 2 aromatic carbocycles. The van der Waals surface area contributed by atoms with Crippen molar-refractivity contribution in [1.29, 1.82) is 0 Å². The maximum Gasteiger partial charge on any atom is 0.153 e. The minimum absolute atomic E-state index is 0.112. The zero-order valence-corrected chi connectivity index (χ0v) is 12.9. The third-order valence-corrected chi connectivity index (χ3v) is 3.55. The summed E-state index contributed by atoms with van der Waals surface area (Å²) in [4.78, 5) is 7.96. The molecule has 1 N–H and O–H groups in total. The molecule has 0 aliphatic heterocycles. The van der Waals surface area contributed by atoms with Crippen LogP contribution in [-0.4, -0.2) is 9.97 Å². The normalized spacial score (nSPS) is 12.6. The highest BCUT2D eigenvalue weighted by atomic mass is 16.5. The van der Waals surface area contributed by atoms with Gasteiger partial charge < -0.3 is 9.72 Å². The Bertz CT molecular complexity index is 769. The van der Waals surface area contributed by atoms with Gasteiger partial charge in [-0.1, -0.05) is 12.1 Å². The van der Waals surface area contributed by atoms with E-state index in [2.05, 4.69) is 61.1 Å². The third kappa shape index (κ3) is 2.92. The second-order valence-corrected chi connectivity index (χ2v) is 5.73. The van der Waals surface area contributed by atoms with E-state index in [9.17, 15) is 0 Å². The average Bonchev–Trinajstić information content (AvgIpc) is 2.80. The molecule has 21 heavy (non-hydrogen) atoms. The summed E-state index contributed by atoms with van der Waals surface area (Å²) in [5.41, 5.74) is 5.67. The molecule has 0 radical (unpaired) electrons. The van der Waals surface area contributed by atoms with Gasteiger partial charge in [0.25, 0.3) is 0 Å². The first-order valence-electron chi connectivity index (χ1n) is 7.22. The molecule has 0 aliphatic carbocycles. The Morgan fingerprint density at radius 2 is 1.67 bits per heavy atom. The predicted octanol–water partition coefficient (Wildman–Crippen LogP) is 4.63. The summed E-state index contributed by atoms with van der Waals surface area (Å²) < 4.78 is 6.03. The first-order chi connectivity index (χ1) is 10.0. The SMILES string of the molecule is Cc1cc(C)cc(O[C@H](C)c2nc3ccc(C)cc3[nH]2)c1. The molecule has 1 atom stereocenters. The van der Waals surface area contributed by atoms with Crippen LogP contribution in [0.4, 0.5) is 0 Å². The second-order valence-electron chi connectivity index (χ2n) is 5.73. The number of rotatable bonds is 3. The zero-order chi connectivity index (χ0) is 15.0. The molecule has 0 unspecified atom stereocenters. The lowest BCUT2D eigenvalue weighted by Crippen LogP contribution is -2.05. The van der Waals surface area contributed by atoms with Gasteiger partial charge in [-0.05, 0) is 68.7 Å². The lowest BCUT2D eigenvalue weighted by Gasteiger charge is -2.13. The van der Waals surface area contributed by atoms with E-state index in [0.29, 0.717) is 0 Å². The Morgan fingerprint density at radius 3 is 2.38 bits per heavy atom. The number of nitrogens with one attached hydrogen (secondary N) is 1. The molecule has 0 saturated heterocycles. The summed E-state index contributed by atoms with van der Waals surface area (Å²) in [6, 6.07) is 12.5. The van der Waals surface area contributed by atoms with Gasteiger partial charge >= 0.3 is 0 Å². The fraction of sp³-hybridized carbons (Fsp3) is 0.278. The monoisotopic (exact) mass is 280 g/mol. The maximum atomic E-state index is 6.03. The van der Waals surface area contributed by atoms with Crippen LogP contribution in [0.2, 0.25) is 0 Å². The van der Waals surface area contributed by atoms with Crippen LogP contribution in [0.25, 0.3) is 11.0 Å². The van der Waals surface area contributed by atoms with Gasteiger partial charge in [0.1, 0.15) is 11.6 Å². The highest BCUT2D eigenvalue weighted by molar-refractivity contribution is 5.75. The Balaban J connectivity index is 1.87. The number of hydrogen-bond acceptors (Lipinski definition) is 2. The number of benzene rings is 2. The van der Waals surface area contributed by atoms with E-state index in [0.717, 1.165) is 22.6 Å². The maximum absolute atomic E-state index is 6.03. The molecule has 0 spiro atoms. The topological polar surface area (TPSA) is 37.9 Å². The zero-order valence-electron chi connectivity index (χ0n) is 12.9. The van der Waals surface area contributed by atoms with Crippen LogP contribution in [-0.2, 0) is 0 Å². The quantitative estimate of drug-likeness (QED) is 0.759. The average molecular weight is 280 g/mol. The first kappa shape index (κ1) is 13.7. The fourth-order valence-corrected chi connectivity index (χ4v) is 2.60. The summed E-state index contributed by atoms with van der Waals surface area (Å²) in [5.74, 6) is 1.74. The summed E-state index contributed by atoms with van der Waals surface area (Å²) in [5, 5.41) is 0. The van der Waals surface area contributed by atoms with Crippen molar-refractivity contribution < 1.29 is 4.74 Å². The Hall–Kier alpha value is -2.29. The largest absolute Gasteiger partial charge is 0.483 e. The van der Waals surface area contributed by atoms with Gasteiger partial charge in [0.2, 0.25) is 0 Å². The van der Waals surface area contributed by atoms with Crippen molar-refractivity contribution in [3.8, 4) is 5.75 Å². The number of nitrogens with zero attached hydrogens (tertiary/aromatic N) is 1. The van der Waals surface area contributed by atoms with Gasteiger partial charge in [0, 0.05) is 0 Å². The van der Waals surface area contributed by atoms with Crippen LogP contribution in [0.3, 0.4) is 0 Å². The van der Waals surface area contributed by atoms with Crippen molar-refractivity contribution in [2.45, 2.75) is 33.8 Å². The fourth-order valence-electron chi connectivity index (χ4n) is 2.60. The van der Waals surface area contributed by atoms with Crippen LogP contribution >= 0.6 is 0 Å². The van der Waals surface area contributed by atoms with E-state index >= 15 is 0 Å². The number of aromatic amines is 1. The van der Waals surface area contributed by atoms with E-state index in [-0.39, 0.29) is 6.10 Å². The van der Waals surface area contributed by atoms with Gasteiger partial charge in [-0.3, -0.25) is 0 Å². The molecule has 1 heterocycles. The van der Waals surface area contributed by atoms with E-state index in [1.54, 1.807) is 0 Å². The molecular weight excluding hydrogens is 260 g/mol. The number of imidazole rings is 1. The highest BCUT2D eigenvalue weighted by Crippen LogP contribution is 2.24. The standard InChI is InChI=1S/C18H20N2O/c1-11-5-6-16-17(10-11)20-18(19-16)14(4)21-15-8-12(2)7-13(3)9-15/h5-10,14H,1-4H3,(H,19,20)/t14-/m1/s1. The summed E-state index contributed by atoms with van der Waals surface area (Å²) in [6.45, 7) is 8.25. The summed E-state index contributed by atoms with van der Waals surface area (Å²) in [7, 11) is 0. The second kappa shape index (κ2) is 5.24.